The maximum atomic E-state index is 11.8. The smallest absolute Gasteiger partial charge is 0.324 e. The summed E-state index contributed by atoms with van der Waals surface area (Å²) in [5, 5.41) is 6.91. The normalized spacial score (nSPS) is 23.3. The number of aromatic nitrogens is 3. The summed E-state index contributed by atoms with van der Waals surface area (Å²) in [5.74, 6) is 4.10. The van der Waals surface area contributed by atoms with Gasteiger partial charge in [-0.15, -0.1) is 0 Å². The van der Waals surface area contributed by atoms with E-state index in [0.29, 0.717) is 31.6 Å². The van der Waals surface area contributed by atoms with Crippen molar-refractivity contribution >= 4 is 17.7 Å². The fourth-order valence-corrected chi connectivity index (χ4v) is 5.16. The lowest BCUT2D eigenvalue weighted by molar-refractivity contribution is 0.252. The highest BCUT2D eigenvalue weighted by molar-refractivity contribution is 5.93. The highest BCUT2D eigenvalue weighted by Crippen LogP contribution is 2.50. The molecule has 3 fully saturated rings. The van der Waals surface area contributed by atoms with Crippen LogP contribution in [0.1, 0.15) is 56.8 Å². The third kappa shape index (κ3) is 4.77. The molecular formula is C24H34N6O3. The number of carbonyl (C=O) groups excluding carboxylic acids is 1. The first-order valence-corrected chi connectivity index (χ1v) is 12.2. The van der Waals surface area contributed by atoms with Crippen LogP contribution < -0.4 is 19.9 Å². The van der Waals surface area contributed by atoms with Gasteiger partial charge in [-0.2, -0.15) is 4.98 Å². The van der Waals surface area contributed by atoms with E-state index in [0.717, 1.165) is 54.3 Å². The van der Waals surface area contributed by atoms with Gasteiger partial charge in [-0.1, -0.05) is 19.0 Å². The Balaban J connectivity index is 1.05. The average Bonchev–Trinajstić information content (AvgIpc) is 3.18. The number of aryl methyl sites for hydroxylation is 1. The van der Waals surface area contributed by atoms with E-state index in [1.807, 2.05) is 13.0 Å². The summed E-state index contributed by atoms with van der Waals surface area (Å²) in [4.78, 5) is 24.8. The molecule has 2 aliphatic heterocycles. The predicted octanol–water partition coefficient (Wildman–Crippen LogP) is 3.75. The predicted molar refractivity (Wildman–Crippen MR) is 125 cm³/mol. The second-order valence-electron chi connectivity index (χ2n) is 9.91. The Bertz CT molecular complexity index is 984. The summed E-state index contributed by atoms with van der Waals surface area (Å²) in [6, 6.07) is 2.60. The van der Waals surface area contributed by atoms with Crippen LogP contribution in [0.15, 0.2) is 16.8 Å². The van der Waals surface area contributed by atoms with Gasteiger partial charge in [0, 0.05) is 37.7 Å². The molecular weight excluding hydrogens is 420 g/mol. The number of ether oxygens (including phenoxy) is 1. The fraction of sp³-hybridized carbons (Fsp3) is 0.667. The third-order valence-electron chi connectivity index (χ3n) is 7.25. The van der Waals surface area contributed by atoms with Crippen LogP contribution in [0.2, 0.25) is 0 Å². The minimum Gasteiger partial charge on any atom is -0.477 e. The molecule has 2 aromatic rings. The van der Waals surface area contributed by atoms with E-state index in [9.17, 15) is 4.79 Å². The van der Waals surface area contributed by atoms with Gasteiger partial charge in [0.1, 0.15) is 0 Å². The first-order valence-electron chi connectivity index (χ1n) is 12.2. The molecule has 2 aromatic heterocycles. The van der Waals surface area contributed by atoms with Crippen molar-refractivity contribution in [3.05, 3.63) is 23.7 Å². The van der Waals surface area contributed by atoms with Crippen molar-refractivity contribution in [3.8, 4) is 5.88 Å². The van der Waals surface area contributed by atoms with Crippen LogP contribution in [0.5, 0.6) is 5.88 Å². The molecule has 1 aliphatic carbocycles. The summed E-state index contributed by atoms with van der Waals surface area (Å²) in [6.07, 6.45) is 6.49. The molecule has 33 heavy (non-hydrogen) atoms. The number of carbonyl (C=O) groups is 1. The topological polar surface area (TPSA) is 96.6 Å². The van der Waals surface area contributed by atoms with Gasteiger partial charge in [0.05, 0.1) is 18.5 Å². The summed E-state index contributed by atoms with van der Waals surface area (Å²) in [7, 11) is 0. The van der Waals surface area contributed by atoms with Crippen LogP contribution in [0, 0.1) is 24.7 Å². The van der Waals surface area contributed by atoms with E-state index >= 15 is 0 Å². The fourth-order valence-electron chi connectivity index (χ4n) is 5.16. The van der Waals surface area contributed by atoms with Crippen LogP contribution in [0.25, 0.3) is 0 Å². The van der Waals surface area contributed by atoms with Crippen LogP contribution in [-0.2, 0) is 0 Å². The van der Waals surface area contributed by atoms with E-state index in [1.54, 1.807) is 11.1 Å². The number of nitrogens with one attached hydrogen (secondary N) is 1. The average molecular weight is 455 g/mol. The Labute approximate surface area is 194 Å². The molecule has 3 aliphatic rings. The van der Waals surface area contributed by atoms with Crippen LogP contribution >= 0.6 is 0 Å². The number of urea groups is 1. The molecule has 4 heterocycles. The van der Waals surface area contributed by atoms with Crippen LogP contribution in [-0.4, -0.2) is 53.9 Å². The molecule has 0 aromatic carbocycles. The van der Waals surface area contributed by atoms with Gasteiger partial charge < -0.3 is 19.5 Å². The summed E-state index contributed by atoms with van der Waals surface area (Å²) < 4.78 is 11.5. The summed E-state index contributed by atoms with van der Waals surface area (Å²) in [5.41, 5.74) is 1.79. The maximum Gasteiger partial charge on any atom is 0.324 e. The molecule has 0 bridgehead atoms. The number of rotatable bonds is 8. The number of piperidine rings is 1. The van der Waals surface area contributed by atoms with Crippen molar-refractivity contribution in [1.29, 1.82) is 0 Å². The number of anilines is 2. The molecule has 2 saturated heterocycles. The first-order chi connectivity index (χ1) is 16.0. The van der Waals surface area contributed by atoms with E-state index in [4.69, 9.17) is 9.26 Å². The van der Waals surface area contributed by atoms with Gasteiger partial charge in [-0.05, 0) is 56.4 Å². The largest absolute Gasteiger partial charge is 0.477 e. The SMILES string of the molecule is Cc1cc(N2CCNC2=O)cnc1OCC[C@@H]1C[C@@H]1C1CCN(c2nc(C(C)C)no2)CC1. The standard InChI is InChI=1S/C24H34N6O3/c1-15(2)21-27-24(33-28-21)29-8-4-17(5-9-29)20-13-18(20)6-11-32-22-16(3)12-19(14-26-22)30-10-7-25-23(30)31/h12,14-15,17-18,20H,4-11,13H2,1-3H3,(H,25,31)/t18-,20-/m1/s1. The highest BCUT2D eigenvalue weighted by atomic mass is 16.5. The molecule has 0 spiro atoms. The number of hydrogen-bond donors (Lipinski definition) is 1. The quantitative estimate of drug-likeness (QED) is 0.649. The van der Waals surface area contributed by atoms with Crippen LogP contribution in [0.3, 0.4) is 0 Å². The van der Waals surface area contributed by atoms with Crippen molar-refractivity contribution in [1.82, 2.24) is 20.4 Å². The second kappa shape index (κ2) is 9.19. The van der Waals surface area contributed by atoms with E-state index in [1.165, 1.54) is 19.3 Å². The molecule has 1 N–H and O–H groups in total. The minimum absolute atomic E-state index is 0.0622. The van der Waals surface area contributed by atoms with Gasteiger partial charge in [0.15, 0.2) is 5.82 Å². The van der Waals surface area contributed by atoms with Gasteiger partial charge in [-0.3, -0.25) is 4.90 Å². The molecule has 0 unspecified atom stereocenters. The molecule has 9 nitrogen and oxygen atoms in total. The minimum atomic E-state index is -0.0622. The zero-order valence-electron chi connectivity index (χ0n) is 19.8. The van der Waals surface area contributed by atoms with Crippen LogP contribution in [0.4, 0.5) is 16.5 Å². The molecule has 2 amide bonds. The molecule has 0 radical (unpaired) electrons. The Morgan fingerprint density at radius 2 is 2.09 bits per heavy atom. The van der Waals surface area contributed by atoms with Gasteiger partial charge in [0.2, 0.25) is 5.88 Å². The lowest BCUT2D eigenvalue weighted by Crippen LogP contribution is -2.34. The molecule has 1 saturated carbocycles. The van der Waals surface area contributed by atoms with Crippen molar-refractivity contribution < 1.29 is 14.1 Å². The number of amides is 2. The molecule has 9 heteroatoms. The summed E-state index contributed by atoms with van der Waals surface area (Å²) in [6.45, 7) is 10.2. The van der Waals surface area contributed by atoms with Crippen molar-refractivity contribution in [3.63, 3.8) is 0 Å². The van der Waals surface area contributed by atoms with Crippen molar-refractivity contribution in [2.45, 2.75) is 52.4 Å². The van der Waals surface area contributed by atoms with E-state index in [2.05, 4.69) is 39.2 Å². The van der Waals surface area contributed by atoms with Gasteiger partial charge in [-0.25, -0.2) is 9.78 Å². The molecule has 2 atom stereocenters. The Kier molecular flexibility index (Phi) is 6.12. The lowest BCUT2D eigenvalue weighted by atomic mass is 9.90. The molecule has 178 valence electrons. The lowest BCUT2D eigenvalue weighted by Gasteiger charge is -2.30. The number of pyridine rings is 1. The van der Waals surface area contributed by atoms with Gasteiger partial charge >= 0.3 is 12.0 Å². The zero-order valence-corrected chi connectivity index (χ0v) is 19.8. The number of hydrogen-bond acceptors (Lipinski definition) is 7. The highest BCUT2D eigenvalue weighted by Gasteiger charge is 2.43. The third-order valence-corrected chi connectivity index (χ3v) is 7.25. The molecule has 5 rings (SSSR count). The van der Waals surface area contributed by atoms with E-state index in [-0.39, 0.29) is 11.9 Å². The number of nitrogens with zero attached hydrogens (tertiary/aromatic N) is 5. The second-order valence-corrected chi connectivity index (χ2v) is 9.91. The summed E-state index contributed by atoms with van der Waals surface area (Å²) >= 11 is 0. The maximum absolute atomic E-state index is 11.8. The first kappa shape index (κ1) is 22.0. The Morgan fingerprint density at radius 1 is 1.27 bits per heavy atom. The van der Waals surface area contributed by atoms with Gasteiger partial charge in [0.25, 0.3) is 0 Å². The monoisotopic (exact) mass is 454 g/mol. The van der Waals surface area contributed by atoms with Crippen molar-refractivity contribution in [2.75, 3.05) is 42.6 Å². The Morgan fingerprint density at radius 3 is 2.76 bits per heavy atom. The van der Waals surface area contributed by atoms with Crippen molar-refractivity contribution in [2.24, 2.45) is 17.8 Å². The Hall–Kier alpha value is -2.84. The zero-order chi connectivity index (χ0) is 22.9. The van der Waals surface area contributed by atoms with E-state index < -0.39 is 0 Å².